The van der Waals surface area contributed by atoms with Gasteiger partial charge >= 0.3 is 0 Å². The fourth-order valence-electron chi connectivity index (χ4n) is 2.72. The van der Waals surface area contributed by atoms with Crippen LogP contribution < -0.4 is 20.9 Å². The van der Waals surface area contributed by atoms with Gasteiger partial charge in [0.2, 0.25) is 0 Å². The average Bonchev–Trinajstić information content (AvgIpc) is 2.77. The predicted molar refractivity (Wildman–Crippen MR) is 119 cm³/mol. The molecule has 148 valence electrons. The molecule has 4 aromatic carbocycles. The van der Waals surface area contributed by atoms with Crippen molar-refractivity contribution in [3.8, 4) is 23.0 Å². The van der Waals surface area contributed by atoms with Crippen LogP contribution in [0, 0.1) is 0 Å². The zero-order valence-electron chi connectivity index (χ0n) is 16.1. The largest absolute Gasteiger partial charge is 0.455 e. The van der Waals surface area contributed by atoms with Crippen LogP contribution in [-0.2, 0) is 0 Å². The molecule has 0 saturated carbocycles. The van der Waals surface area contributed by atoms with Gasteiger partial charge in [-0.1, -0.05) is 42.5 Å². The summed E-state index contributed by atoms with van der Waals surface area (Å²) >= 11 is 0. The van der Waals surface area contributed by atoms with Gasteiger partial charge in [-0.2, -0.15) is 5.11 Å². The Hall–Kier alpha value is -4.32. The third-order valence-corrected chi connectivity index (χ3v) is 4.25. The molecule has 0 aromatic heterocycles. The minimum absolute atomic E-state index is 0.458. The maximum Gasteiger partial charge on any atom is 0.158 e. The van der Waals surface area contributed by atoms with Gasteiger partial charge in [0.25, 0.3) is 0 Å². The molecule has 0 unspecified atom stereocenters. The summed E-state index contributed by atoms with van der Waals surface area (Å²) in [6.45, 7) is 0. The maximum absolute atomic E-state index is 6.05. The lowest BCUT2D eigenvalue weighted by Crippen LogP contribution is -1.94. The van der Waals surface area contributed by atoms with Crippen molar-refractivity contribution >= 4 is 22.7 Å². The molecule has 0 bridgehead atoms. The maximum atomic E-state index is 6.05. The number of anilines is 2. The van der Waals surface area contributed by atoms with Crippen molar-refractivity contribution in [1.29, 1.82) is 0 Å². The zero-order chi connectivity index (χ0) is 20.8. The van der Waals surface area contributed by atoms with Crippen LogP contribution in [0.2, 0.25) is 0 Å². The van der Waals surface area contributed by atoms with Gasteiger partial charge in [-0.3, -0.25) is 0 Å². The van der Waals surface area contributed by atoms with Gasteiger partial charge in [0.15, 0.2) is 5.75 Å². The molecule has 0 radical (unpaired) electrons. The first-order chi connectivity index (χ1) is 14.7. The van der Waals surface area contributed by atoms with Gasteiger partial charge in [0.05, 0.1) is 17.1 Å². The van der Waals surface area contributed by atoms with Crippen LogP contribution in [0.15, 0.2) is 107 Å². The van der Waals surface area contributed by atoms with Crippen molar-refractivity contribution in [3.05, 3.63) is 97.1 Å². The van der Waals surface area contributed by atoms with Crippen molar-refractivity contribution in [2.45, 2.75) is 0 Å². The molecule has 0 atom stereocenters. The Labute approximate surface area is 174 Å². The lowest BCUT2D eigenvalue weighted by Gasteiger charge is -2.13. The van der Waals surface area contributed by atoms with Crippen molar-refractivity contribution in [2.75, 3.05) is 11.5 Å². The van der Waals surface area contributed by atoms with Crippen LogP contribution in [0.4, 0.5) is 22.7 Å². The standard InChI is InChI=1S/C24H20N4O2/c25-19-10-4-6-12-22(19)29-18-14-15-21(28-27-17-8-2-1-3-9-17)24(16-18)30-23-13-7-5-11-20(23)26/h1-16H,25-26H2. The van der Waals surface area contributed by atoms with Gasteiger partial charge in [-0.25, -0.2) is 0 Å². The molecule has 30 heavy (non-hydrogen) atoms. The van der Waals surface area contributed by atoms with Crippen molar-refractivity contribution in [2.24, 2.45) is 10.2 Å². The minimum atomic E-state index is 0.458. The molecule has 0 aliphatic rings. The first-order valence-corrected chi connectivity index (χ1v) is 9.34. The van der Waals surface area contributed by atoms with Crippen molar-refractivity contribution in [3.63, 3.8) is 0 Å². The zero-order valence-corrected chi connectivity index (χ0v) is 16.1. The van der Waals surface area contributed by atoms with E-state index in [0.29, 0.717) is 40.1 Å². The fraction of sp³-hybridized carbons (Fsp3) is 0. The van der Waals surface area contributed by atoms with E-state index in [0.717, 1.165) is 5.69 Å². The first kappa shape index (κ1) is 19.0. The van der Waals surface area contributed by atoms with Crippen LogP contribution in [0.1, 0.15) is 0 Å². The summed E-state index contributed by atoms with van der Waals surface area (Å²) in [6.07, 6.45) is 0. The summed E-state index contributed by atoms with van der Waals surface area (Å²) in [5.41, 5.74) is 14.4. The summed E-state index contributed by atoms with van der Waals surface area (Å²) in [5.74, 6) is 2.09. The first-order valence-electron chi connectivity index (χ1n) is 9.34. The van der Waals surface area contributed by atoms with Crippen LogP contribution in [0.5, 0.6) is 23.0 Å². The SMILES string of the molecule is Nc1ccccc1Oc1ccc(N=Nc2ccccc2)c(Oc2ccccc2N)c1. The number of azo groups is 1. The topological polar surface area (TPSA) is 95.2 Å². The van der Waals surface area contributed by atoms with Gasteiger partial charge in [0.1, 0.15) is 22.9 Å². The average molecular weight is 396 g/mol. The number of nitrogens with zero attached hydrogens (tertiary/aromatic N) is 2. The van der Waals surface area contributed by atoms with E-state index < -0.39 is 0 Å². The molecule has 0 aliphatic heterocycles. The van der Waals surface area contributed by atoms with Crippen molar-refractivity contribution in [1.82, 2.24) is 0 Å². The number of para-hydroxylation sites is 4. The Balaban J connectivity index is 1.69. The minimum Gasteiger partial charge on any atom is -0.455 e. The number of benzene rings is 4. The fourth-order valence-corrected chi connectivity index (χ4v) is 2.72. The molecule has 6 heteroatoms. The monoisotopic (exact) mass is 396 g/mol. The lowest BCUT2D eigenvalue weighted by molar-refractivity contribution is 0.463. The highest BCUT2D eigenvalue weighted by molar-refractivity contribution is 5.61. The highest BCUT2D eigenvalue weighted by Gasteiger charge is 2.11. The number of rotatable bonds is 6. The molecule has 0 amide bonds. The van der Waals surface area contributed by atoms with E-state index in [-0.39, 0.29) is 0 Å². The lowest BCUT2D eigenvalue weighted by atomic mass is 10.2. The summed E-state index contributed by atoms with van der Waals surface area (Å²) < 4.78 is 12.0. The molecule has 0 spiro atoms. The molecule has 0 saturated heterocycles. The number of nitrogens with two attached hydrogens (primary N) is 2. The van der Waals surface area contributed by atoms with Crippen LogP contribution >= 0.6 is 0 Å². The predicted octanol–water partition coefficient (Wildman–Crippen LogP) is 6.85. The Bertz CT molecular complexity index is 1180. The Morgan fingerprint density at radius 1 is 0.533 bits per heavy atom. The number of hydrogen-bond donors (Lipinski definition) is 2. The Morgan fingerprint density at radius 3 is 1.80 bits per heavy atom. The summed E-state index contributed by atoms with van der Waals surface area (Å²) in [7, 11) is 0. The number of hydrogen-bond acceptors (Lipinski definition) is 6. The van der Waals surface area contributed by atoms with Gasteiger partial charge in [0, 0.05) is 6.07 Å². The molecule has 0 heterocycles. The Morgan fingerprint density at radius 2 is 1.13 bits per heavy atom. The molecule has 0 fully saturated rings. The number of ether oxygens (including phenoxy) is 2. The van der Waals surface area contributed by atoms with Crippen LogP contribution in [0.25, 0.3) is 0 Å². The molecule has 4 rings (SSSR count). The molecular weight excluding hydrogens is 376 g/mol. The van der Waals surface area contributed by atoms with E-state index in [4.69, 9.17) is 20.9 Å². The van der Waals surface area contributed by atoms with E-state index in [1.54, 1.807) is 42.5 Å². The summed E-state index contributed by atoms with van der Waals surface area (Å²) in [6, 6.07) is 29.3. The molecule has 0 aliphatic carbocycles. The normalized spacial score (nSPS) is 10.8. The molecule has 6 nitrogen and oxygen atoms in total. The molecular formula is C24H20N4O2. The second-order valence-electron chi connectivity index (χ2n) is 6.44. The van der Waals surface area contributed by atoms with Crippen molar-refractivity contribution < 1.29 is 9.47 Å². The summed E-state index contributed by atoms with van der Waals surface area (Å²) in [4.78, 5) is 0. The van der Waals surface area contributed by atoms with E-state index in [1.807, 2.05) is 54.6 Å². The van der Waals surface area contributed by atoms with E-state index in [1.165, 1.54) is 0 Å². The Kier molecular flexibility index (Phi) is 5.57. The second-order valence-corrected chi connectivity index (χ2v) is 6.44. The van der Waals surface area contributed by atoms with E-state index >= 15 is 0 Å². The molecule has 4 N–H and O–H groups in total. The summed E-state index contributed by atoms with van der Waals surface area (Å²) in [5, 5.41) is 8.63. The highest BCUT2D eigenvalue weighted by atomic mass is 16.5. The van der Waals surface area contributed by atoms with E-state index in [2.05, 4.69) is 10.2 Å². The van der Waals surface area contributed by atoms with Crippen LogP contribution in [0.3, 0.4) is 0 Å². The quantitative estimate of drug-likeness (QED) is 0.275. The second kappa shape index (κ2) is 8.79. The highest BCUT2D eigenvalue weighted by Crippen LogP contribution is 2.39. The third-order valence-electron chi connectivity index (χ3n) is 4.25. The molecule has 4 aromatic rings. The van der Waals surface area contributed by atoms with Crippen LogP contribution in [-0.4, -0.2) is 0 Å². The number of nitrogen functional groups attached to an aromatic ring is 2. The third kappa shape index (κ3) is 4.56. The smallest absolute Gasteiger partial charge is 0.158 e. The van der Waals surface area contributed by atoms with Gasteiger partial charge in [-0.05, 0) is 48.5 Å². The van der Waals surface area contributed by atoms with Gasteiger partial charge in [-0.15, -0.1) is 5.11 Å². The van der Waals surface area contributed by atoms with Gasteiger partial charge < -0.3 is 20.9 Å². The van der Waals surface area contributed by atoms with E-state index in [9.17, 15) is 0 Å².